The van der Waals surface area contributed by atoms with Crippen LogP contribution in [-0.2, 0) is 17.8 Å². The number of thiazole rings is 1. The highest BCUT2D eigenvalue weighted by atomic mass is 32.1. The predicted octanol–water partition coefficient (Wildman–Crippen LogP) is 5.00. The van der Waals surface area contributed by atoms with E-state index in [0.29, 0.717) is 19.0 Å². The predicted molar refractivity (Wildman–Crippen MR) is 129 cm³/mol. The maximum atomic E-state index is 12.7. The van der Waals surface area contributed by atoms with Crippen LogP contribution in [0.1, 0.15) is 48.3 Å². The highest BCUT2D eigenvalue weighted by Crippen LogP contribution is 2.45. The number of amides is 1. The number of hydrogen-bond donors (Lipinski definition) is 3. The smallest absolute Gasteiger partial charge is 0.226 e. The van der Waals surface area contributed by atoms with Gasteiger partial charge in [-0.15, -0.1) is 22.7 Å². The van der Waals surface area contributed by atoms with Crippen molar-refractivity contribution in [3.63, 3.8) is 0 Å². The summed E-state index contributed by atoms with van der Waals surface area (Å²) in [4.78, 5) is 18.9. The van der Waals surface area contributed by atoms with Crippen molar-refractivity contribution in [1.29, 1.82) is 0 Å². The first-order valence-electron chi connectivity index (χ1n) is 10.7. The Morgan fingerprint density at radius 3 is 2.87 bits per heavy atom. The van der Waals surface area contributed by atoms with Crippen LogP contribution < -0.4 is 16.0 Å². The average molecular weight is 443 g/mol. The molecule has 1 unspecified atom stereocenters. The molecular weight excluding hydrogens is 412 g/mol. The normalized spacial score (nSPS) is 14.7. The zero-order chi connectivity index (χ0) is 21.3. The highest BCUT2D eigenvalue weighted by Gasteiger charge is 2.25. The van der Waals surface area contributed by atoms with Gasteiger partial charge in [0.2, 0.25) is 5.91 Å². The Labute approximate surface area is 186 Å². The second kappa shape index (κ2) is 9.14. The number of rotatable bonds is 7. The molecule has 0 aliphatic carbocycles. The van der Waals surface area contributed by atoms with Crippen molar-refractivity contribution in [2.24, 2.45) is 0 Å². The molecule has 0 saturated carbocycles. The topological polar surface area (TPSA) is 66.0 Å². The monoisotopic (exact) mass is 442 g/mol. The van der Waals surface area contributed by atoms with E-state index in [1.54, 1.807) is 22.7 Å². The molecule has 0 radical (unpaired) electrons. The number of nitrogens with one attached hydrogen (secondary N) is 3. The first-order chi connectivity index (χ1) is 14.5. The van der Waals surface area contributed by atoms with Gasteiger partial charge in [0.1, 0.15) is 10.0 Å². The molecule has 1 atom stereocenters. The summed E-state index contributed by atoms with van der Waals surface area (Å²) in [5.74, 6) is 0.0615. The second-order valence-electron chi connectivity index (χ2n) is 8.12. The Bertz CT molecular complexity index is 1030. The molecule has 3 heterocycles. The Morgan fingerprint density at radius 2 is 2.07 bits per heavy atom. The van der Waals surface area contributed by atoms with Gasteiger partial charge in [0.25, 0.3) is 0 Å². The number of fused-ring (bicyclic) bond motifs is 2. The number of anilines is 1. The lowest BCUT2D eigenvalue weighted by Crippen LogP contribution is -2.28. The van der Waals surface area contributed by atoms with Crippen molar-refractivity contribution in [1.82, 2.24) is 15.6 Å². The van der Waals surface area contributed by atoms with E-state index in [9.17, 15) is 4.79 Å². The van der Waals surface area contributed by atoms with Crippen molar-refractivity contribution < 1.29 is 4.79 Å². The molecule has 30 heavy (non-hydrogen) atoms. The number of thiophene rings is 1. The van der Waals surface area contributed by atoms with Crippen LogP contribution >= 0.6 is 22.7 Å². The van der Waals surface area contributed by atoms with E-state index < -0.39 is 0 Å². The van der Waals surface area contributed by atoms with E-state index in [-0.39, 0.29) is 5.91 Å². The summed E-state index contributed by atoms with van der Waals surface area (Å²) in [6.07, 6.45) is 2.51. The third-order valence-electron chi connectivity index (χ3n) is 5.86. The van der Waals surface area contributed by atoms with E-state index >= 15 is 0 Å². The molecule has 4 rings (SSSR count). The van der Waals surface area contributed by atoms with E-state index in [1.807, 2.05) is 0 Å². The largest absolute Gasteiger partial charge is 0.317 e. The number of carbonyl (C=O) groups excluding carboxylic acids is 1. The first kappa shape index (κ1) is 21.4. The van der Waals surface area contributed by atoms with Crippen molar-refractivity contribution >= 4 is 43.8 Å². The molecule has 1 aliphatic rings. The van der Waals surface area contributed by atoms with Crippen molar-refractivity contribution in [2.75, 3.05) is 18.4 Å². The minimum atomic E-state index is 0.0615. The van der Waals surface area contributed by atoms with Crippen LogP contribution in [0.15, 0.2) is 12.1 Å². The summed E-state index contributed by atoms with van der Waals surface area (Å²) in [5.41, 5.74) is 6.08. The number of aromatic nitrogens is 1. The van der Waals surface area contributed by atoms with Crippen molar-refractivity contribution in [3.8, 4) is 10.6 Å². The molecule has 1 aromatic carbocycles. The maximum absolute atomic E-state index is 12.7. The van der Waals surface area contributed by atoms with Gasteiger partial charge in [-0.1, -0.05) is 6.92 Å². The molecule has 3 N–H and O–H groups in total. The molecule has 5 nitrogen and oxygen atoms in total. The van der Waals surface area contributed by atoms with E-state index in [1.165, 1.54) is 26.3 Å². The zero-order valence-corrected chi connectivity index (χ0v) is 19.8. The average Bonchev–Trinajstić information content (AvgIpc) is 3.28. The molecule has 3 aromatic rings. The van der Waals surface area contributed by atoms with Crippen LogP contribution in [0.3, 0.4) is 0 Å². The molecule has 1 aliphatic heterocycles. The van der Waals surface area contributed by atoms with Gasteiger partial charge >= 0.3 is 0 Å². The zero-order valence-electron chi connectivity index (χ0n) is 18.1. The number of nitrogens with zero attached hydrogens (tertiary/aromatic N) is 1. The van der Waals surface area contributed by atoms with Crippen molar-refractivity contribution in [3.05, 3.63) is 33.7 Å². The molecule has 160 valence electrons. The maximum Gasteiger partial charge on any atom is 0.226 e. The van der Waals surface area contributed by atoms with Crippen LogP contribution in [0.5, 0.6) is 0 Å². The van der Waals surface area contributed by atoms with Gasteiger partial charge in [0, 0.05) is 36.0 Å². The van der Waals surface area contributed by atoms with Gasteiger partial charge in [-0.2, -0.15) is 0 Å². The lowest BCUT2D eigenvalue weighted by molar-refractivity contribution is -0.116. The summed E-state index contributed by atoms with van der Waals surface area (Å²) in [7, 11) is 0. The Morgan fingerprint density at radius 1 is 1.27 bits per heavy atom. The van der Waals surface area contributed by atoms with Gasteiger partial charge in [0.05, 0.1) is 10.2 Å². The minimum Gasteiger partial charge on any atom is -0.317 e. The summed E-state index contributed by atoms with van der Waals surface area (Å²) < 4.78 is 1.21. The van der Waals surface area contributed by atoms with Crippen LogP contribution in [0.25, 0.3) is 20.8 Å². The van der Waals surface area contributed by atoms with Gasteiger partial charge in [-0.3, -0.25) is 4.79 Å². The van der Waals surface area contributed by atoms with Gasteiger partial charge in [0.15, 0.2) is 0 Å². The lowest BCUT2D eigenvalue weighted by atomic mass is 10.0. The Hall–Kier alpha value is -1.80. The Kier molecular flexibility index (Phi) is 6.53. The second-order valence-corrected chi connectivity index (χ2v) is 10.3. The quantitative estimate of drug-likeness (QED) is 0.481. The molecule has 0 saturated heterocycles. The Balaban J connectivity index is 1.64. The van der Waals surface area contributed by atoms with Crippen molar-refractivity contribution in [2.45, 2.75) is 59.5 Å². The first-order valence-corrected chi connectivity index (χ1v) is 12.4. The standard InChI is InChI=1S/C23H30N4OS2/c1-5-15(4)25-9-7-20(28)27-23-21(16-6-8-24-12-19(16)30-23)22-26-17-10-13(2)14(3)11-18(17)29-22/h10-11,15,24-25H,5-9,12H2,1-4H3,(H,27,28). The SMILES string of the molecule is CCC(C)NCCC(=O)Nc1sc2c(c1-c1nc3cc(C)c(C)cc3s1)CCNC2. The number of benzene rings is 1. The van der Waals surface area contributed by atoms with Crippen LogP contribution in [0.4, 0.5) is 5.00 Å². The van der Waals surface area contributed by atoms with Crippen LogP contribution in [0.2, 0.25) is 0 Å². The number of hydrogen-bond acceptors (Lipinski definition) is 6. The fourth-order valence-electron chi connectivity index (χ4n) is 3.70. The lowest BCUT2D eigenvalue weighted by Gasteiger charge is -2.13. The summed E-state index contributed by atoms with van der Waals surface area (Å²) in [6, 6.07) is 4.83. The number of carbonyl (C=O) groups is 1. The molecule has 1 amide bonds. The molecule has 0 fully saturated rings. The summed E-state index contributed by atoms with van der Waals surface area (Å²) >= 11 is 3.43. The molecule has 2 aromatic heterocycles. The minimum absolute atomic E-state index is 0.0615. The van der Waals surface area contributed by atoms with Gasteiger partial charge < -0.3 is 16.0 Å². The molecular formula is C23H30N4OS2. The van der Waals surface area contributed by atoms with E-state index in [4.69, 9.17) is 4.98 Å². The van der Waals surface area contributed by atoms with E-state index in [2.05, 4.69) is 55.8 Å². The third kappa shape index (κ3) is 4.44. The van der Waals surface area contributed by atoms with E-state index in [0.717, 1.165) is 47.0 Å². The van der Waals surface area contributed by atoms with Gasteiger partial charge in [-0.25, -0.2) is 4.98 Å². The number of aryl methyl sites for hydroxylation is 2. The van der Waals surface area contributed by atoms with Gasteiger partial charge in [-0.05, 0) is 69.0 Å². The molecule has 0 spiro atoms. The fraction of sp³-hybridized carbons (Fsp3) is 0.478. The molecule has 0 bridgehead atoms. The third-order valence-corrected chi connectivity index (χ3v) is 8.04. The summed E-state index contributed by atoms with van der Waals surface area (Å²) in [6.45, 7) is 11.1. The fourth-order valence-corrected chi connectivity index (χ4v) is 6.13. The van der Waals surface area contributed by atoms with Crippen LogP contribution in [-0.4, -0.2) is 30.0 Å². The molecule has 7 heteroatoms. The van der Waals surface area contributed by atoms with Crippen LogP contribution in [0, 0.1) is 13.8 Å². The highest BCUT2D eigenvalue weighted by molar-refractivity contribution is 7.23. The summed E-state index contributed by atoms with van der Waals surface area (Å²) in [5, 5.41) is 12.0.